The number of nitrogens with zero attached hydrogens (tertiary/aromatic N) is 3. The van der Waals surface area contributed by atoms with E-state index < -0.39 is 5.82 Å². The number of hydrogen-bond donors (Lipinski definition) is 1. The number of allylic oxidation sites excluding steroid dienone is 1. The smallest absolute Gasteiger partial charge is 0.189 e. The largest absolute Gasteiger partial charge is 0.492 e. The van der Waals surface area contributed by atoms with Crippen molar-refractivity contribution in [2.45, 2.75) is 12.8 Å². The molecule has 7 nitrogen and oxygen atoms in total. The zero-order valence-electron chi connectivity index (χ0n) is 19.2. The second-order valence-corrected chi connectivity index (χ2v) is 9.18. The molecular formula is C26H26ClFN4O3. The summed E-state index contributed by atoms with van der Waals surface area (Å²) in [5.74, 6) is 0.888. The Morgan fingerprint density at radius 3 is 2.83 bits per heavy atom. The van der Waals surface area contributed by atoms with Crippen molar-refractivity contribution < 1.29 is 18.7 Å². The minimum Gasteiger partial charge on any atom is -0.492 e. The molecule has 2 aromatic carbocycles. The molecule has 9 heteroatoms. The van der Waals surface area contributed by atoms with Crippen LogP contribution in [0.3, 0.4) is 0 Å². The zero-order chi connectivity index (χ0) is 24.2. The Kier molecular flexibility index (Phi) is 7.22. The third-order valence-electron chi connectivity index (χ3n) is 6.09. The van der Waals surface area contributed by atoms with Crippen molar-refractivity contribution in [1.82, 2.24) is 14.9 Å². The molecule has 1 aromatic heterocycles. The summed E-state index contributed by atoms with van der Waals surface area (Å²) in [6, 6.07) is 7.88. The van der Waals surface area contributed by atoms with E-state index >= 15 is 0 Å². The lowest BCUT2D eigenvalue weighted by atomic mass is 10.1. The topological polar surface area (TPSA) is 76.6 Å². The third kappa shape index (κ3) is 5.96. The molecular weight excluding hydrogens is 471 g/mol. The van der Waals surface area contributed by atoms with E-state index in [2.05, 4.69) is 20.2 Å². The maximum Gasteiger partial charge on any atom is 0.189 e. The van der Waals surface area contributed by atoms with E-state index in [4.69, 9.17) is 21.1 Å². The fraction of sp³-hybridized carbons (Fsp3) is 0.346. The molecule has 35 heavy (non-hydrogen) atoms. The first-order valence-corrected chi connectivity index (χ1v) is 12.1. The molecule has 1 saturated heterocycles. The number of carbonyl (C=O) groups is 1. The van der Waals surface area contributed by atoms with Gasteiger partial charge in [0.2, 0.25) is 0 Å². The van der Waals surface area contributed by atoms with Crippen LogP contribution in [0.15, 0.2) is 48.8 Å². The number of hydrogen-bond acceptors (Lipinski definition) is 7. The van der Waals surface area contributed by atoms with Crippen LogP contribution in [0.1, 0.15) is 23.2 Å². The van der Waals surface area contributed by atoms with Gasteiger partial charge in [0.15, 0.2) is 5.78 Å². The highest BCUT2D eigenvalue weighted by molar-refractivity contribution is 6.31. The quantitative estimate of drug-likeness (QED) is 0.329. The Bertz CT molecular complexity index is 1260. The van der Waals surface area contributed by atoms with Gasteiger partial charge in [0.05, 0.1) is 35.9 Å². The first-order valence-electron chi connectivity index (χ1n) is 11.7. The summed E-state index contributed by atoms with van der Waals surface area (Å²) < 4.78 is 25.0. The number of anilines is 2. The number of benzene rings is 2. The molecule has 0 atom stereocenters. The highest BCUT2D eigenvalue weighted by Gasteiger charge is 2.23. The number of aromatic nitrogens is 2. The van der Waals surface area contributed by atoms with Crippen LogP contribution in [0.5, 0.6) is 5.75 Å². The average Bonchev–Trinajstić information content (AvgIpc) is 3.70. The number of ketones is 1. The maximum atomic E-state index is 13.6. The van der Waals surface area contributed by atoms with Gasteiger partial charge >= 0.3 is 0 Å². The lowest BCUT2D eigenvalue weighted by Crippen LogP contribution is -2.36. The van der Waals surface area contributed by atoms with Gasteiger partial charge in [-0.05, 0) is 49.1 Å². The molecule has 0 amide bonds. The monoisotopic (exact) mass is 496 g/mol. The van der Waals surface area contributed by atoms with E-state index in [0.717, 1.165) is 25.9 Å². The van der Waals surface area contributed by atoms with Crippen molar-refractivity contribution in [3.05, 3.63) is 65.2 Å². The summed E-state index contributed by atoms with van der Waals surface area (Å²) in [6.45, 7) is 4.38. The summed E-state index contributed by atoms with van der Waals surface area (Å²) >= 11 is 5.93. The second-order valence-electron chi connectivity index (χ2n) is 8.78. The number of carbonyl (C=O) groups excluding carboxylic acids is 1. The van der Waals surface area contributed by atoms with E-state index in [1.54, 1.807) is 24.3 Å². The molecule has 0 unspecified atom stereocenters. The SMILES string of the molecule is O=C(/C=C/CN1CCOCC1)c1cc2c(Nc3ccc(F)c(Cl)c3)ncnc2cc1OCC1CC1. The molecule has 0 bridgehead atoms. The van der Waals surface area contributed by atoms with Crippen LogP contribution in [0, 0.1) is 11.7 Å². The van der Waals surface area contributed by atoms with Crippen molar-refractivity contribution in [2.24, 2.45) is 5.92 Å². The standard InChI is InChI=1S/C26H26ClFN4O3/c27-21-12-18(5-6-22(21)28)31-26-19-13-20(24(33)2-1-7-32-8-10-34-11-9-32)25(35-15-17-3-4-17)14-23(19)29-16-30-26/h1-2,5-6,12-14,16-17H,3-4,7-11,15H2,(H,29,30,31)/b2-1+. The zero-order valence-corrected chi connectivity index (χ0v) is 19.9. The van der Waals surface area contributed by atoms with Gasteiger partial charge in [-0.1, -0.05) is 17.7 Å². The minimum absolute atomic E-state index is 0.00500. The molecule has 2 heterocycles. The van der Waals surface area contributed by atoms with Gasteiger partial charge in [-0.2, -0.15) is 0 Å². The summed E-state index contributed by atoms with van der Waals surface area (Å²) in [4.78, 5) is 24.2. The highest BCUT2D eigenvalue weighted by Crippen LogP contribution is 2.34. The van der Waals surface area contributed by atoms with Crippen LogP contribution in [0.2, 0.25) is 5.02 Å². The van der Waals surface area contributed by atoms with Gasteiger partial charge in [0.25, 0.3) is 0 Å². The van der Waals surface area contributed by atoms with Crippen molar-refractivity contribution >= 4 is 39.8 Å². The van der Waals surface area contributed by atoms with Crippen LogP contribution in [0.4, 0.5) is 15.9 Å². The van der Waals surface area contributed by atoms with Gasteiger partial charge in [0, 0.05) is 36.8 Å². The van der Waals surface area contributed by atoms with Crippen LogP contribution in [-0.2, 0) is 4.74 Å². The van der Waals surface area contributed by atoms with Crippen LogP contribution < -0.4 is 10.1 Å². The predicted octanol–water partition coefficient (Wildman–Crippen LogP) is 5.03. The summed E-state index contributed by atoms with van der Waals surface area (Å²) in [5.41, 5.74) is 1.66. The second kappa shape index (κ2) is 10.7. The van der Waals surface area contributed by atoms with Crippen LogP contribution in [-0.4, -0.2) is 60.1 Å². The van der Waals surface area contributed by atoms with Crippen LogP contribution in [0.25, 0.3) is 10.9 Å². The summed E-state index contributed by atoms with van der Waals surface area (Å²) in [5, 5.41) is 3.81. The van der Waals surface area contributed by atoms with E-state index in [1.165, 1.54) is 18.5 Å². The Morgan fingerprint density at radius 2 is 2.06 bits per heavy atom. The van der Waals surface area contributed by atoms with E-state index in [-0.39, 0.29) is 10.8 Å². The van der Waals surface area contributed by atoms with Gasteiger partial charge in [0.1, 0.15) is 23.7 Å². The molecule has 2 fully saturated rings. The minimum atomic E-state index is -0.501. The van der Waals surface area contributed by atoms with Gasteiger partial charge < -0.3 is 14.8 Å². The molecule has 1 N–H and O–H groups in total. The molecule has 182 valence electrons. The first kappa shape index (κ1) is 23.7. The summed E-state index contributed by atoms with van der Waals surface area (Å²) in [7, 11) is 0. The normalized spacial score (nSPS) is 16.6. The van der Waals surface area contributed by atoms with Crippen molar-refractivity contribution in [2.75, 3.05) is 44.8 Å². The van der Waals surface area contributed by atoms with Gasteiger partial charge in [-0.15, -0.1) is 0 Å². The molecule has 1 aliphatic carbocycles. The lowest BCUT2D eigenvalue weighted by molar-refractivity contribution is 0.0434. The number of nitrogens with one attached hydrogen (secondary N) is 1. The fourth-order valence-electron chi connectivity index (χ4n) is 3.88. The maximum absolute atomic E-state index is 13.6. The Balaban J connectivity index is 1.44. The van der Waals surface area contributed by atoms with Crippen molar-refractivity contribution in [3.8, 4) is 5.75 Å². The Labute approximate surface area is 207 Å². The number of rotatable bonds is 9. The van der Waals surface area contributed by atoms with Crippen molar-refractivity contribution in [3.63, 3.8) is 0 Å². The Morgan fingerprint density at radius 1 is 1.23 bits per heavy atom. The molecule has 1 aliphatic heterocycles. The predicted molar refractivity (Wildman–Crippen MR) is 133 cm³/mol. The number of morpholine rings is 1. The van der Waals surface area contributed by atoms with Gasteiger partial charge in [-0.25, -0.2) is 14.4 Å². The molecule has 3 aromatic rings. The number of ether oxygens (including phenoxy) is 2. The third-order valence-corrected chi connectivity index (χ3v) is 6.38. The van der Waals surface area contributed by atoms with E-state index in [0.29, 0.717) is 66.0 Å². The summed E-state index contributed by atoms with van der Waals surface area (Å²) in [6.07, 6.45) is 7.20. The number of halogens is 2. The number of fused-ring (bicyclic) bond motifs is 1. The molecule has 0 spiro atoms. The average molecular weight is 497 g/mol. The molecule has 5 rings (SSSR count). The molecule has 0 radical (unpaired) electrons. The highest BCUT2D eigenvalue weighted by atomic mass is 35.5. The van der Waals surface area contributed by atoms with E-state index in [1.807, 2.05) is 6.08 Å². The van der Waals surface area contributed by atoms with E-state index in [9.17, 15) is 9.18 Å². The fourth-order valence-corrected chi connectivity index (χ4v) is 4.06. The Hall–Kier alpha value is -3.07. The van der Waals surface area contributed by atoms with Gasteiger partial charge in [-0.3, -0.25) is 9.69 Å². The molecule has 2 aliphatic rings. The molecule has 1 saturated carbocycles. The van der Waals surface area contributed by atoms with Crippen molar-refractivity contribution in [1.29, 1.82) is 0 Å². The van der Waals surface area contributed by atoms with Crippen LogP contribution >= 0.6 is 11.6 Å². The first-order chi connectivity index (χ1) is 17.1. The lowest BCUT2D eigenvalue weighted by Gasteiger charge is -2.25.